The predicted octanol–water partition coefficient (Wildman–Crippen LogP) is 1.50. The largest absolute Gasteiger partial charge is 0.389 e. The molecule has 0 fully saturated rings. The number of thiocarbonyl (C=S) groups is 1. The third-order valence-corrected chi connectivity index (χ3v) is 1.86. The topological polar surface area (TPSA) is 74.7 Å². The van der Waals surface area contributed by atoms with Gasteiger partial charge in [-0.25, -0.2) is 4.98 Å². The Bertz CT molecular complexity index is 445. The van der Waals surface area contributed by atoms with Gasteiger partial charge in [0.25, 0.3) is 0 Å². The second-order valence-electron chi connectivity index (χ2n) is 2.84. The van der Waals surface area contributed by atoms with E-state index in [0.717, 1.165) is 5.69 Å². The summed E-state index contributed by atoms with van der Waals surface area (Å²) in [6, 6.07) is 7.43. The van der Waals surface area contributed by atoms with Crippen molar-refractivity contribution in [2.24, 2.45) is 5.73 Å². The predicted molar refractivity (Wildman–Crippen MR) is 63.1 cm³/mol. The van der Waals surface area contributed by atoms with Crippen LogP contribution in [0.3, 0.4) is 0 Å². The molecule has 0 amide bonds. The van der Waals surface area contributed by atoms with E-state index in [4.69, 9.17) is 11.0 Å². The number of hydrogen-bond donors (Lipinski definition) is 2. The zero-order valence-electron chi connectivity index (χ0n) is 8.19. The van der Waals surface area contributed by atoms with Crippen LogP contribution in [0, 0.1) is 18.3 Å². The first-order chi connectivity index (χ1) is 7.13. The van der Waals surface area contributed by atoms with E-state index in [0.29, 0.717) is 5.82 Å². The molecule has 76 valence electrons. The lowest BCUT2D eigenvalue weighted by atomic mass is 10.3. The van der Waals surface area contributed by atoms with Crippen LogP contribution in [0.15, 0.2) is 30.0 Å². The second kappa shape index (κ2) is 5.08. The highest BCUT2D eigenvalue weighted by Crippen LogP contribution is 2.04. The summed E-state index contributed by atoms with van der Waals surface area (Å²) in [6.45, 7) is 1.88. The average molecular weight is 218 g/mol. The van der Waals surface area contributed by atoms with E-state index < -0.39 is 0 Å². The van der Waals surface area contributed by atoms with Gasteiger partial charge in [0.15, 0.2) is 0 Å². The van der Waals surface area contributed by atoms with Crippen molar-refractivity contribution in [2.75, 3.05) is 5.32 Å². The highest BCUT2D eigenvalue weighted by molar-refractivity contribution is 7.80. The summed E-state index contributed by atoms with van der Waals surface area (Å²) in [6.07, 6.45) is 1.45. The summed E-state index contributed by atoms with van der Waals surface area (Å²) in [7, 11) is 0. The normalized spacial score (nSPS) is 10.5. The average Bonchev–Trinajstić information content (AvgIpc) is 2.18. The number of nitrogens with one attached hydrogen (secondary N) is 1. The Labute approximate surface area is 93.4 Å². The summed E-state index contributed by atoms with van der Waals surface area (Å²) >= 11 is 4.68. The van der Waals surface area contributed by atoms with E-state index in [2.05, 4.69) is 22.5 Å². The Balaban J connectivity index is 2.80. The molecule has 4 nitrogen and oxygen atoms in total. The number of aromatic nitrogens is 1. The van der Waals surface area contributed by atoms with Crippen LogP contribution in [0.1, 0.15) is 5.69 Å². The molecule has 1 heterocycles. The van der Waals surface area contributed by atoms with Crippen molar-refractivity contribution < 1.29 is 0 Å². The van der Waals surface area contributed by atoms with E-state index in [1.165, 1.54) is 6.20 Å². The Morgan fingerprint density at radius 3 is 2.93 bits per heavy atom. The molecule has 0 aromatic carbocycles. The maximum atomic E-state index is 8.68. The molecule has 3 N–H and O–H groups in total. The van der Waals surface area contributed by atoms with Crippen LogP contribution in [0.25, 0.3) is 0 Å². The van der Waals surface area contributed by atoms with Gasteiger partial charge < -0.3 is 11.1 Å². The van der Waals surface area contributed by atoms with Gasteiger partial charge in [-0.2, -0.15) is 5.26 Å². The number of aryl methyl sites for hydroxylation is 1. The molecule has 1 aromatic rings. The molecule has 0 radical (unpaired) electrons. The Hall–Kier alpha value is -1.93. The fraction of sp³-hybridized carbons (Fsp3) is 0.100. The van der Waals surface area contributed by atoms with Crippen molar-refractivity contribution in [2.45, 2.75) is 6.92 Å². The monoisotopic (exact) mass is 218 g/mol. The molecule has 5 heteroatoms. The zero-order chi connectivity index (χ0) is 11.3. The second-order valence-corrected chi connectivity index (χ2v) is 3.28. The molecule has 0 aliphatic heterocycles. The van der Waals surface area contributed by atoms with Gasteiger partial charge in [-0.1, -0.05) is 18.3 Å². The van der Waals surface area contributed by atoms with Gasteiger partial charge in [-0.3, -0.25) is 0 Å². The lowest BCUT2D eigenvalue weighted by Crippen LogP contribution is -2.11. The van der Waals surface area contributed by atoms with Crippen LogP contribution in [0.5, 0.6) is 0 Å². The molecule has 0 saturated carbocycles. The van der Waals surface area contributed by atoms with Crippen molar-refractivity contribution in [1.82, 2.24) is 4.98 Å². The minimum atomic E-state index is 0.0673. The number of anilines is 1. The van der Waals surface area contributed by atoms with Gasteiger partial charge in [-0.15, -0.1) is 0 Å². The number of rotatable bonds is 3. The summed E-state index contributed by atoms with van der Waals surface area (Å²) < 4.78 is 0. The highest BCUT2D eigenvalue weighted by Gasteiger charge is 1.98. The maximum absolute atomic E-state index is 8.68. The first-order valence-electron chi connectivity index (χ1n) is 4.23. The minimum absolute atomic E-state index is 0.0673. The number of pyridine rings is 1. The van der Waals surface area contributed by atoms with E-state index in [1.807, 2.05) is 25.1 Å². The van der Waals surface area contributed by atoms with Crippen molar-refractivity contribution in [3.05, 3.63) is 35.7 Å². The number of nitrogens with two attached hydrogens (primary N) is 1. The van der Waals surface area contributed by atoms with Gasteiger partial charge >= 0.3 is 0 Å². The molecule has 0 bridgehead atoms. The van der Waals surface area contributed by atoms with Crippen LogP contribution in [0.2, 0.25) is 0 Å². The smallest absolute Gasteiger partial charge is 0.130 e. The molecular weight excluding hydrogens is 208 g/mol. The summed E-state index contributed by atoms with van der Waals surface area (Å²) in [5.41, 5.74) is 6.44. The van der Waals surface area contributed by atoms with Crippen molar-refractivity contribution in [3.63, 3.8) is 0 Å². The zero-order valence-corrected chi connectivity index (χ0v) is 9.01. The maximum Gasteiger partial charge on any atom is 0.130 e. The third-order valence-electron chi connectivity index (χ3n) is 1.64. The molecule has 0 atom stereocenters. The van der Waals surface area contributed by atoms with Crippen LogP contribution >= 0.6 is 12.2 Å². The number of hydrogen-bond acceptors (Lipinski definition) is 4. The summed E-state index contributed by atoms with van der Waals surface area (Å²) in [5, 5.41) is 11.5. The van der Waals surface area contributed by atoms with Crippen molar-refractivity contribution in [1.29, 1.82) is 5.26 Å². The third kappa shape index (κ3) is 3.37. The fourth-order valence-electron chi connectivity index (χ4n) is 0.928. The quantitative estimate of drug-likeness (QED) is 0.457. The van der Waals surface area contributed by atoms with Gasteiger partial charge in [0.1, 0.15) is 22.4 Å². The Morgan fingerprint density at radius 2 is 2.40 bits per heavy atom. The molecule has 0 unspecified atom stereocenters. The van der Waals surface area contributed by atoms with Gasteiger partial charge in [0.2, 0.25) is 0 Å². The molecule has 0 aliphatic carbocycles. The standard InChI is InChI=1S/C10H10N4S/c1-7-3-2-4-9(14-7)13-6-8(5-11)10(12)15/h2-4,6H,1H3,(H2,12,15)(H,13,14)/b8-6-. The van der Waals surface area contributed by atoms with Crippen molar-refractivity contribution >= 4 is 23.0 Å². The first-order valence-corrected chi connectivity index (χ1v) is 4.64. The molecular formula is C10H10N4S. The van der Waals surface area contributed by atoms with Gasteiger partial charge in [0.05, 0.1) is 0 Å². The van der Waals surface area contributed by atoms with E-state index in [9.17, 15) is 0 Å². The van der Waals surface area contributed by atoms with Crippen LogP contribution in [-0.2, 0) is 0 Å². The lowest BCUT2D eigenvalue weighted by molar-refractivity contribution is 1.20. The SMILES string of the molecule is Cc1cccc(N/C=C(/C#N)C(N)=S)n1. The highest BCUT2D eigenvalue weighted by atomic mass is 32.1. The van der Waals surface area contributed by atoms with Gasteiger partial charge in [0, 0.05) is 11.9 Å². The van der Waals surface area contributed by atoms with Crippen molar-refractivity contribution in [3.8, 4) is 6.07 Å². The first kappa shape index (κ1) is 11.1. The molecule has 0 saturated heterocycles. The van der Waals surface area contributed by atoms with Crippen LogP contribution < -0.4 is 11.1 Å². The van der Waals surface area contributed by atoms with E-state index in [-0.39, 0.29) is 10.6 Å². The Kier molecular flexibility index (Phi) is 3.77. The number of nitriles is 1. The molecule has 0 spiro atoms. The summed E-state index contributed by atoms with van der Waals surface area (Å²) in [5.74, 6) is 0.652. The van der Waals surface area contributed by atoms with Crippen LogP contribution in [0.4, 0.5) is 5.82 Å². The number of nitrogens with zero attached hydrogens (tertiary/aromatic N) is 2. The molecule has 15 heavy (non-hydrogen) atoms. The fourth-order valence-corrected chi connectivity index (χ4v) is 1.03. The lowest BCUT2D eigenvalue weighted by Gasteiger charge is -2.01. The minimum Gasteiger partial charge on any atom is -0.389 e. The summed E-state index contributed by atoms with van der Waals surface area (Å²) in [4.78, 5) is 4.26. The molecule has 0 aliphatic rings. The van der Waals surface area contributed by atoms with Gasteiger partial charge in [-0.05, 0) is 19.1 Å². The van der Waals surface area contributed by atoms with E-state index >= 15 is 0 Å². The van der Waals surface area contributed by atoms with E-state index in [1.54, 1.807) is 6.07 Å². The Morgan fingerprint density at radius 1 is 1.67 bits per heavy atom. The molecule has 1 aromatic heterocycles. The molecule has 1 rings (SSSR count). The van der Waals surface area contributed by atoms with Crippen LogP contribution in [-0.4, -0.2) is 9.97 Å².